The summed E-state index contributed by atoms with van der Waals surface area (Å²) < 4.78 is 26.5. The van der Waals surface area contributed by atoms with E-state index in [9.17, 15) is 13.2 Å². The Morgan fingerprint density at radius 2 is 1.78 bits per heavy atom. The monoisotopic (exact) mass is 407 g/mol. The predicted octanol–water partition coefficient (Wildman–Crippen LogP) is 3.48. The van der Waals surface area contributed by atoms with Crippen LogP contribution in [0.4, 0.5) is 11.4 Å². The second kappa shape index (κ2) is 8.29. The maximum absolute atomic E-state index is 12.5. The van der Waals surface area contributed by atoms with Crippen LogP contribution < -0.4 is 10.6 Å². The van der Waals surface area contributed by atoms with Gasteiger partial charge in [-0.3, -0.25) is 4.79 Å². The van der Waals surface area contributed by atoms with Crippen molar-refractivity contribution in [2.75, 3.05) is 30.3 Å². The molecule has 1 aliphatic rings. The number of aryl methyl sites for hydroxylation is 1. The van der Waals surface area contributed by atoms with Crippen molar-refractivity contribution >= 4 is 38.9 Å². The fourth-order valence-corrected chi connectivity index (χ4v) is 4.62. The van der Waals surface area contributed by atoms with Gasteiger partial charge in [0, 0.05) is 29.5 Å². The normalized spacial score (nSPS) is 14.9. The van der Waals surface area contributed by atoms with Gasteiger partial charge in [0.25, 0.3) is 0 Å². The van der Waals surface area contributed by atoms with E-state index >= 15 is 0 Å². The van der Waals surface area contributed by atoms with E-state index in [0.29, 0.717) is 29.5 Å². The zero-order valence-corrected chi connectivity index (χ0v) is 16.6. The Morgan fingerprint density at radius 3 is 2.44 bits per heavy atom. The molecule has 2 aromatic carbocycles. The number of halogens is 1. The fourth-order valence-electron chi connectivity index (χ4n) is 2.93. The standard InChI is InChI=1S/C19H22ClN3O3S/c1-14-4-5-15(20)12-18(14)22-19(24)13-21-16-6-8-17(9-7-16)27(25,26)23-10-2-3-11-23/h4-9,12,21H,2-3,10-11,13H2,1H3,(H,22,24). The second-order valence-electron chi connectivity index (χ2n) is 6.50. The van der Waals surface area contributed by atoms with Crippen molar-refractivity contribution in [1.29, 1.82) is 0 Å². The predicted molar refractivity (Wildman–Crippen MR) is 108 cm³/mol. The van der Waals surface area contributed by atoms with Crippen LogP contribution in [0.5, 0.6) is 0 Å². The van der Waals surface area contributed by atoms with Gasteiger partial charge in [-0.05, 0) is 61.7 Å². The zero-order chi connectivity index (χ0) is 19.4. The molecule has 0 spiro atoms. The minimum atomic E-state index is -3.42. The van der Waals surface area contributed by atoms with Gasteiger partial charge in [-0.2, -0.15) is 4.31 Å². The van der Waals surface area contributed by atoms with Gasteiger partial charge in [0.05, 0.1) is 11.4 Å². The van der Waals surface area contributed by atoms with Gasteiger partial charge < -0.3 is 10.6 Å². The highest BCUT2D eigenvalue weighted by Gasteiger charge is 2.26. The molecule has 0 aliphatic carbocycles. The molecule has 0 saturated carbocycles. The Kier molecular flexibility index (Phi) is 6.04. The van der Waals surface area contributed by atoms with E-state index < -0.39 is 10.0 Å². The lowest BCUT2D eigenvalue weighted by molar-refractivity contribution is -0.114. The van der Waals surface area contributed by atoms with Gasteiger partial charge in [-0.1, -0.05) is 17.7 Å². The molecule has 144 valence electrons. The first-order valence-electron chi connectivity index (χ1n) is 8.76. The molecule has 0 aromatic heterocycles. The first-order valence-corrected chi connectivity index (χ1v) is 10.6. The maximum atomic E-state index is 12.5. The topological polar surface area (TPSA) is 78.5 Å². The molecule has 1 amide bonds. The van der Waals surface area contributed by atoms with Gasteiger partial charge in [0.15, 0.2) is 0 Å². The molecule has 8 heteroatoms. The molecule has 1 fully saturated rings. The van der Waals surface area contributed by atoms with Gasteiger partial charge in [-0.25, -0.2) is 8.42 Å². The number of amides is 1. The van der Waals surface area contributed by atoms with Crippen LogP contribution in [0.3, 0.4) is 0 Å². The number of carbonyl (C=O) groups excluding carboxylic acids is 1. The lowest BCUT2D eigenvalue weighted by Crippen LogP contribution is -2.27. The van der Waals surface area contributed by atoms with Gasteiger partial charge in [0.1, 0.15) is 0 Å². The van der Waals surface area contributed by atoms with Gasteiger partial charge in [-0.15, -0.1) is 0 Å². The van der Waals surface area contributed by atoms with E-state index in [1.165, 1.54) is 4.31 Å². The Balaban J connectivity index is 1.58. The van der Waals surface area contributed by atoms with E-state index in [4.69, 9.17) is 11.6 Å². The third-order valence-corrected chi connectivity index (χ3v) is 6.63. The summed E-state index contributed by atoms with van der Waals surface area (Å²) in [5.74, 6) is -0.214. The third-order valence-electron chi connectivity index (χ3n) is 4.48. The number of rotatable bonds is 6. The third kappa shape index (κ3) is 4.80. The van der Waals surface area contributed by atoms with Crippen molar-refractivity contribution in [2.45, 2.75) is 24.7 Å². The summed E-state index contributed by atoms with van der Waals surface area (Å²) in [5, 5.41) is 6.35. The summed E-state index contributed by atoms with van der Waals surface area (Å²) in [6.45, 7) is 3.10. The Morgan fingerprint density at radius 1 is 1.11 bits per heavy atom. The van der Waals surface area contributed by atoms with Crippen LogP contribution in [-0.2, 0) is 14.8 Å². The smallest absolute Gasteiger partial charge is 0.243 e. The number of nitrogens with one attached hydrogen (secondary N) is 2. The Bertz CT molecular complexity index is 924. The molecule has 0 radical (unpaired) electrons. The molecule has 2 N–H and O–H groups in total. The molecule has 27 heavy (non-hydrogen) atoms. The summed E-state index contributed by atoms with van der Waals surface area (Å²) in [7, 11) is -3.42. The van der Waals surface area contributed by atoms with Crippen molar-refractivity contribution in [1.82, 2.24) is 4.31 Å². The average Bonchev–Trinajstić information content (AvgIpc) is 3.19. The lowest BCUT2D eigenvalue weighted by atomic mass is 10.2. The van der Waals surface area contributed by atoms with E-state index in [0.717, 1.165) is 18.4 Å². The summed E-state index contributed by atoms with van der Waals surface area (Å²) in [5.41, 5.74) is 2.26. The van der Waals surface area contributed by atoms with E-state index in [-0.39, 0.29) is 17.3 Å². The molecule has 0 bridgehead atoms. The van der Waals surface area contributed by atoms with Crippen LogP contribution in [0, 0.1) is 6.92 Å². The zero-order valence-electron chi connectivity index (χ0n) is 15.0. The molecular formula is C19H22ClN3O3S. The van der Waals surface area contributed by atoms with Crippen LogP contribution >= 0.6 is 11.6 Å². The number of hydrogen-bond donors (Lipinski definition) is 2. The van der Waals surface area contributed by atoms with Crippen LogP contribution in [0.25, 0.3) is 0 Å². The molecule has 0 atom stereocenters. The van der Waals surface area contributed by atoms with E-state index in [1.807, 2.05) is 13.0 Å². The molecular weight excluding hydrogens is 386 g/mol. The molecule has 3 rings (SSSR count). The minimum Gasteiger partial charge on any atom is -0.376 e. The number of sulfonamides is 1. The molecule has 1 aliphatic heterocycles. The number of nitrogens with zero attached hydrogens (tertiary/aromatic N) is 1. The number of hydrogen-bond acceptors (Lipinski definition) is 4. The van der Waals surface area contributed by atoms with Gasteiger partial charge in [0.2, 0.25) is 15.9 Å². The number of benzene rings is 2. The first kappa shape index (κ1) is 19.7. The van der Waals surface area contributed by atoms with Crippen molar-refractivity contribution in [3.05, 3.63) is 53.1 Å². The van der Waals surface area contributed by atoms with Gasteiger partial charge >= 0.3 is 0 Å². The van der Waals surface area contributed by atoms with Crippen molar-refractivity contribution in [3.63, 3.8) is 0 Å². The quantitative estimate of drug-likeness (QED) is 0.768. The summed E-state index contributed by atoms with van der Waals surface area (Å²) in [6.07, 6.45) is 1.81. The summed E-state index contributed by atoms with van der Waals surface area (Å²) in [4.78, 5) is 12.4. The van der Waals surface area contributed by atoms with Crippen LogP contribution in [0.15, 0.2) is 47.4 Å². The van der Waals surface area contributed by atoms with Crippen LogP contribution in [-0.4, -0.2) is 38.3 Å². The molecule has 6 nitrogen and oxygen atoms in total. The number of anilines is 2. The summed E-state index contributed by atoms with van der Waals surface area (Å²) in [6, 6.07) is 11.8. The van der Waals surface area contributed by atoms with Crippen molar-refractivity contribution in [3.8, 4) is 0 Å². The Labute approximate surface area is 164 Å². The van der Waals surface area contributed by atoms with Crippen molar-refractivity contribution in [2.24, 2.45) is 0 Å². The molecule has 1 heterocycles. The minimum absolute atomic E-state index is 0.0597. The maximum Gasteiger partial charge on any atom is 0.243 e. The summed E-state index contributed by atoms with van der Waals surface area (Å²) >= 11 is 5.95. The number of carbonyl (C=O) groups is 1. The fraction of sp³-hybridized carbons (Fsp3) is 0.316. The highest BCUT2D eigenvalue weighted by Crippen LogP contribution is 2.22. The largest absolute Gasteiger partial charge is 0.376 e. The highest BCUT2D eigenvalue weighted by molar-refractivity contribution is 7.89. The first-order chi connectivity index (χ1) is 12.9. The SMILES string of the molecule is Cc1ccc(Cl)cc1NC(=O)CNc1ccc(S(=O)(=O)N2CCCC2)cc1. The van der Waals surface area contributed by atoms with E-state index in [2.05, 4.69) is 10.6 Å². The van der Waals surface area contributed by atoms with E-state index in [1.54, 1.807) is 36.4 Å². The molecule has 2 aromatic rings. The lowest BCUT2D eigenvalue weighted by Gasteiger charge is -2.16. The second-order valence-corrected chi connectivity index (χ2v) is 8.87. The highest BCUT2D eigenvalue weighted by atomic mass is 35.5. The van der Waals surface area contributed by atoms with Crippen LogP contribution in [0.2, 0.25) is 5.02 Å². The average molecular weight is 408 g/mol. The van der Waals surface area contributed by atoms with Crippen LogP contribution in [0.1, 0.15) is 18.4 Å². The van der Waals surface area contributed by atoms with Crippen molar-refractivity contribution < 1.29 is 13.2 Å². The molecule has 1 saturated heterocycles. The Hall–Kier alpha value is -2.09. The molecule has 0 unspecified atom stereocenters.